The van der Waals surface area contributed by atoms with Gasteiger partial charge in [-0.05, 0) is 78.3 Å². The monoisotopic (exact) mass is 703 g/mol. The van der Waals surface area contributed by atoms with Crippen LogP contribution >= 0.6 is 16.0 Å². The Morgan fingerprint density at radius 2 is 0.762 bits per heavy atom. The Labute approximate surface area is 266 Å². The van der Waals surface area contributed by atoms with Crippen molar-refractivity contribution in [1.29, 1.82) is 0 Å². The number of hydrogen-bond donors (Lipinski definition) is 1. The molecule has 13 heteroatoms. The third kappa shape index (κ3) is 9.58. The molecular formula is C29H71NO6P2Si4. The van der Waals surface area contributed by atoms with Crippen molar-refractivity contribution in [2.45, 2.75) is 187 Å². The molecule has 0 spiro atoms. The van der Waals surface area contributed by atoms with E-state index in [4.69, 9.17) is 16.9 Å². The summed E-state index contributed by atoms with van der Waals surface area (Å²) in [5, 5.41) is 1.51. The van der Waals surface area contributed by atoms with Crippen molar-refractivity contribution in [3.05, 3.63) is 0 Å². The van der Waals surface area contributed by atoms with Gasteiger partial charge in [-0.25, -0.2) is 9.65 Å². The van der Waals surface area contributed by atoms with Gasteiger partial charge in [0.2, 0.25) is 33.3 Å². The summed E-state index contributed by atoms with van der Waals surface area (Å²) in [4.78, 5) is 0. The molecule has 0 amide bonds. The third-order valence-corrected chi connectivity index (χ3v) is 40.3. The van der Waals surface area contributed by atoms with E-state index >= 15 is 4.57 Å². The zero-order valence-electron chi connectivity index (χ0n) is 31.9. The predicted octanol–water partition coefficient (Wildman–Crippen LogP) is 12.0. The average Bonchev–Trinajstić information content (AvgIpc) is 2.60. The first-order valence-corrected chi connectivity index (χ1v) is 28.9. The molecule has 0 aliphatic carbocycles. The van der Waals surface area contributed by atoms with Crippen molar-refractivity contribution in [3.63, 3.8) is 0 Å². The van der Waals surface area contributed by atoms with Gasteiger partial charge >= 0.3 is 7.75 Å². The summed E-state index contributed by atoms with van der Waals surface area (Å²) in [6.45, 7) is 48.7. The summed E-state index contributed by atoms with van der Waals surface area (Å²) in [6, 6.07) is 0. The van der Waals surface area contributed by atoms with E-state index in [1.54, 1.807) is 0 Å². The fraction of sp³-hybridized carbons (Fsp3) is 1.00. The first-order valence-electron chi connectivity index (χ1n) is 15.5. The largest absolute Gasteiger partial charge is 0.386 e. The SMILES string of the molecule is CC(C)(C)[Si](C)(C)OP(=O)(NC(C)(C)[Si](C)(O[PH](=O)O[Si](C)(C(C)(C)C)C(C)(C)C)C(C)(C)C)O[Si](C)(C)C(C)(C)C. The Balaban J connectivity index is 6.99. The van der Waals surface area contributed by atoms with Crippen molar-refractivity contribution >= 4 is 49.3 Å². The average molecular weight is 704 g/mol. The van der Waals surface area contributed by atoms with Gasteiger partial charge < -0.3 is 16.9 Å². The van der Waals surface area contributed by atoms with Gasteiger partial charge in [-0.1, -0.05) is 104 Å². The highest BCUT2D eigenvalue weighted by molar-refractivity contribution is 7.55. The van der Waals surface area contributed by atoms with E-state index in [-0.39, 0.29) is 20.2 Å². The summed E-state index contributed by atoms with van der Waals surface area (Å²) in [6.07, 6.45) is 0. The van der Waals surface area contributed by atoms with E-state index in [9.17, 15) is 4.57 Å². The van der Waals surface area contributed by atoms with Crippen molar-refractivity contribution in [2.24, 2.45) is 0 Å². The molecular weight excluding hydrogens is 633 g/mol. The first kappa shape index (κ1) is 43.1. The zero-order chi connectivity index (χ0) is 34.6. The fourth-order valence-corrected chi connectivity index (χ4v) is 26.2. The Morgan fingerprint density at radius 3 is 1.00 bits per heavy atom. The van der Waals surface area contributed by atoms with Crippen LogP contribution in [0.15, 0.2) is 0 Å². The maximum absolute atomic E-state index is 15.1. The molecule has 0 aliphatic heterocycles. The molecule has 42 heavy (non-hydrogen) atoms. The summed E-state index contributed by atoms with van der Waals surface area (Å²) < 4.78 is 55.8. The standard InChI is InChI=1S/C29H71NO6P2Si4/c1-24(2,3)39(18,19)35-38(32,36-40(20,21)25(4,5)6)30-29(16,17)42(23,28(13,14)15)34-37(31)33-41(22,26(7,8)9)27(10,11)12/h37H,1-23H3,(H,30,32). The molecule has 0 aromatic rings. The minimum atomic E-state index is -3.88. The van der Waals surface area contributed by atoms with Gasteiger partial charge in [0.15, 0.2) is 0 Å². The Kier molecular flexibility index (Phi) is 13.0. The molecule has 1 N–H and O–H groups in total. The van der Waals surface area contributed by atoms with Crippen LogP contribution in [0.5, 0.6) is 0 Å². The van der Waals surface area contributed by atoms with Gasteiger partial charge in [0.05, 0.1) is 0 Å². The first-order chi connectivity index (χ1) is 17.7. The summed E-state index contributed by atoms with van der Waals surface area (Å²) >= 11 is 0. The van der Waals surface area contributed by atoms with Gasteiger partial charge in [0.25, 0.3) is 8.25 Å². The smallest absolute Gasteiger partial charge is 0.352 e. The predicted molar refractivity (Wildman–Crippen MR) is 195 cm³/mol. The normalized spacial score (nSPS) is 18.2. The van der Waals surface area contributed by atoms with Crippen LogP contribution in [-0.4, -0.2) is 38.4 Å². The number of hydrogen-bond acceptors (Lipinski definition) is 6. The zero-order valence-corrected chi connectivity index (χ0v) is 37.8. The highest BCUT2D eigenvalue weighted by atomic mass is 31.2. The van der Waals surface area contributed by atoms with Crippen LogP contribution in [-0.2, 0) is 26.0 Å². The summed E-state index contributed by atoms with van der Waals surface area (Å²) in [5.41, 5.74) is 0. The van der Waals surface area contributed by atoms with E-state index < -0.39 is 59.5 Å². The van der Waals surface area contributed by atoms with Gasteiger partial charge in [-0.15, -0.1) is 0 Å². The maximum atomic E-state index is 15.1. The van der Waals surface area contributed by atoms with Crippen LogP contribution in [0.3, 0.4) is 0 Å². The lowest BCUT2D eigenvalue weighted by Crippen LogP contribution is -2.66. The molecule has 254 valence electrons. The quantitative estimate of drug-likeness (QED) is 0.169. The van der Waals surface area contributed by atoms with Crippen LogP contribution in [0.25, 0.3) is 0 Å². The second-order valence-corrected chi connectivity index (χ2v) is 42.9. The molecule has 0 fully saturated rings. The maximum Gasteiger partial charge on any atom is 0.386 e. The minimum absolute atomic E-state index is 0.161. The molecule has 0 bridgehead atoms. The highest BCUT2D eigenvalue weighted by Gasteiger charge is 2.60. The summed E-state index contributed by atoms with van der Waals surface area (Å²) in [5.74, 6) is 0. The second-order valence-electron chi connectivity index (χ2n) is 19.2. The second kappa shape index (κ2) is 12.6. The lowest BCUT2D eigenvalue weighted by Gasteiger charge is -2.53. The van der Waals surface area contributed by atoms with Crippen LogP contribution in [0.2, 0.25) is 64.5 Å². The van der Waals surface area contributed by atoms with Crippen LogP contribution in [0.4, 0.5) is 0 Å². The molecule has 0 saturated carbocycles. The lowest BCUT2D eigenvalue weighted by molar-refractivity contribution is 0.313. The van der Waals surface area contributed by atoms with E-state index in [1.165, 1.54) is 0 Å². The van der Waals surface area contributed by atoms with Crippen LogP contribution < -0.4 is 5.09 Å². The van der Waals surface area contributed by atoms with Crippen molar-refractivity contribution < 1.29 is 26.0 Å². The Bertz CT molecular complexity index is 970. The molecule has 7 nitrogen and oxygen atoms in total. The van der Waals surface area contributed by atoms with Crippen LogP contribution in [0.1, 0.15) is 118 Å². The summed E-state index contributed by atoms with van der Waals surface area (Å²) in [7, 11) is -17.5. The van der Waals surface area contributed by atoms with E-state index in [0.29, 0.717) is 0 Å². The van der Waals surface area contributed by atoms with Crippen molar-refractivity contribution in [3.8, 4) is 0 Å². The Morgan fingerprint density at radius 1 is 0.500 bits per heavy atom. The van der Waals surface area contributed by atoms with Gasteiger partial charge in [0.1, 0.15) is 0 Å². The van der Waals surface area contributed by atoms with Gasteiger partial charge in [-0.2, -0.15) is 0 Å². The van der Waals surface area contributed by atoms with Gasteiger partial charge in [0, 0.05) is 5.16 Å². The fourth-order valence-electron chi connectivity index (χ4n) is 4.39. The van der Waals surface area contributed by atoms with E-state index in [1.807, 2.05) is 13.8 Å². The lowest BCUT2D eigenvalue weighted by atomic mass is 10.2. The molecule has 0 saturated heterocycles. The van der Waals surface area contributed by atoms with Crippen molar-refractivity contribution in [2.75, 3.05) is 0 Å². The van der Waals surface area contributed by atoms with Crippen LogP contribution in [0, 0.1) is 0 Å². The molecule has 0 heterocycles. The third-order valence-electron chi connectivity index (χ3n) is 10.8. The molecule has 0 aliphatic rings. The minimum Gasteiger partial charge on any atom is -0.352 e. The number of rotatable bonds is 11. The molecule has 2 atom stereocenters. The van der Waals surface area contributed by atoms with Gasteiger partial charge in [-0.3, -0.25) is 4.57 Å². The highest BCUT2D eigenvalue weighted by Crippen LogP contribution is 2.61. The molecule has 0 aromatic carbocycles. The molecule has 0 aromatic heterocycles. The van der Waals surface area contributed by atoms with E-state index in [2.05, 4.69) is 148 Å². The van der Waals surface area contributed by atoms with Crippen molar-refractivity contribution in [1.82, 2.24) is 5.09 Å². The number of nitrogens with one attached hydrogen (secondary N) is 1. The Hall–Kier alpha value is 1.13. The molecule has 0 rings (SSSR count). The topological polar surface area (TPSA) is 83.1 Å². The molecule has 2 unspecified atom stereocenters. The van der Waals surface area contributed by atoms with E-state index in [0.717, 1.165) is 0 Å². The molecule has 0 radical (unpaired) electrons.